The average Bonchev–Trinajstić information content (AvgIpc) is 3.19. The van der Waals surface area contributed by atoms with Crippen LogP contribution in [0.5, 0.6) is 0 Å². The highest BCUT2D eigenvalue weighted by Crippen LogP contribution is 2.21. The van der Waals surface area contributed by atoms with Crippen molar-refractivity contribution in [1.29, 1.82) is 0 Å². The molecule has 0 unspecified atom stereocenters. The molecule has 150 valence electrons. The third-order valence-electron chi connectivity index (χ3n) is 5.38. The van der Waals surface area contributed by atoms with E-state index in [0.29, 0.717) is 24.7 Å². The van der Waals surface area contributed by atoms with Crippen LogP contribution in [0.1, 0.15) is 42.2 Å². The molecule has 2 heterocycles. The van der Waals surface area contributed by atoms with Gasteiger partial charge in [0.25, 0.3) is 5.91 Å². The second-order valence-corrected chi connectivity index (χ2v) is 7.25. The normalized spacial score (nSPS) is 14.7. The first-order valence-electron chi connectivity index (χ1n) is 10.00. The van der Waals surface area contributed by atoms with E-state index in [4.69, 9.17) is 0 Å². The maximum Gasteiger partial charge on any atom is 0.321 e. The van der Waals surface area contributed by atoms with Crippen LogP contribution in [0.15, 0.2) is 36.5 Å². The van der Waals surface area contributed by atoms with Crippen LogP contribution in [-0.2, 0) is 6.54 Å². The predicted octanol–water partition coefficient (Wildman–Crippen LogP) is 3.28. The van der Waals surface area contributed by atoms with Gasteiger partial charge in [0.2, 0.25) is 0 Å². The van der Waals surface area contributed by atoms with Crippen LogP contribution < -0.4 is 10.6 Å². The Labute approximate surface area is 166 Å². The topological polar surface area (TPSA) is 79.3 Å². The van der Waals surface area contributed by atoms with Crippen molar-refractivity contribution in [3.05, 3.63) is 47.8 Å². The predicted molar refractivity (Wildman–Crippen MR) is 109 cm³/mol. The second-order valence-electron chi connectivity index (χ2n) is 7.25. The fourth-order valence-electron chi connectivity index (χ4n) is 3.59. The Morgan fingerprint density at radius 3 is 2.64 bits per heavy atom. The number of hydrogen-bond acceptors (Lipinski definition) is 3. The molecule has 7 nitrogen and oxygen atoms in total. The van der Waals surface area contributed by atoms with Gasteiger partial charge in [-0.3, -0.25) is 9.48 Å². The summed E-state index contributed by atoms with van der Waals surface area (Å²) in [5, 5.41) is 10.1. The Kier molecular flexibility index (Phi) is 6.68. The van der Waals surface area contributed by atoms with Gasteiger partial charge < -0.3 is 15.5 Å². The molecule has 7 heteroatoms. The number of rotatable bonds is 6. The van der Waals surface area contributed by atoms with E-state index in [1.165, 1.54) is 0 Å². The van der Waals surface area contributed by atoms with Gasteiger partial charge in [0.05, 0.1) is 0 Å². The summed E-state index contributed by atoms with van der Waals surface area (Å²) in [5.41, 5.74) is 2.53. The van der Waals surface area contributed by atoms with Crippen molar-refractivity contribution in [2.75, 3.05) is 25.0 Å². The van der Waals surface area contributed by atoms with E-state index in [2.05, 4.69) is 15.7 Å². The molecule has 3 rings (SSSR count). The van der Waals surface area contributed by atoms with E-state index in [1.54, 1.807) is 16.9 Å². The van der Waals surface area contributed by atoms with Gasteiger partial charge in [0, 0.05) is 38.1 Å². The zero-order valence-electron chi connectivity index (χ0n) is 16.6. The smallest absolute Gasteiger partial charge is 0.321 e. The van der Waals surface area contributed by atoms with E-state index in [-0.39, 0.29) is 11.9 Å². The van der Waals surface area contributed by atoms with Crippen molar-refractivity contribution in [2.24, 2.45) is 5.92 Å². The van der Waals surface area contributed by atoms with Crippen LogP contribution in [0.3, 0.4) is 0 Å². The number of aryl methyl sites for hydroxylation is 2. The molecule has 0 radical (unpaired) electrons. The minimum atomic E-state index is -0.0746. The third kappa shape index (κ3) is 4.91. The highest BCUT2D eigenvalue weighted by Gasteiger charge is 2.23. The number of likely N-dealkylation sites (tertiary alicyclic amines) is 1. The van der Waals surface area contributed by atoms with Crippen molar-refractivity contribution in [1.82, 2.24) is 20.0 Å². The van der Waals surface area contributed by atoms with Gasteiger partial charge in [-0.25, -0.2) is 4.79 Å². The van der Waals surface area contributed by atoms with Gasteiger partial charge in [-0.1, -0.05) is 18.2 Å². The Hall–Kier alpha value is -2.83. The zero-order chi connectivity index (χ0) is 19.9. The molecule has 1 aromatic heterocycles. The Balaban J connectivity index is 1.39. The zero-order valence-corrected chi connectivity index (χ0v) is 16.6. The molecule has 1 fully saturated rings. The minimum absolute atomic E-state index is 0.0334. The number of anilines is 1. The van der Waals surface area contributed by atoms with E-state index < -0.39 is 0 Å². The lowest BCUT2D eigenvalue weighted by Gasteiger charge is -2.32. The fourth-order valence-corrected chi connectivity index (χ4v) is 3.59. The van der Waals surface area contributed by atoms with Gasteiger partial charge in [-0.2, -0.15) is 5.10 Å². The lowest BCUT2D eigenvalue weighted by atomic mass is 9.93. The first-order chi connectivity index (χ1) is 13.6. The quantitative estimate of drug-likeness (QED) is 0.803. The molecule has 1 saturated heterocycles. The summed E-state index contributed by atoms with van der Waals surface area (Å²) in [5.74, 6) is 0.452. The number of nitrogens with one attached hydrogen (secondary N) is 2. The van der Waals surface area contributed by atoms with Crippen molar-refractivity contribution < 1.29 is 9.59 Å². The monoisotopic (exact) mass is 383 g/mol. The number of carbonyl (C=O) groups excluding carboxylic acids is 2. The molecule has 1 aliphatic heterocycles. The lowest BCUT2D eigenvalue weighted by molar-refractivity contribution is 0.0939. The number of nitrogens with zero attached hydrogens (tertiary/aromatic N) is 3. The number of amides is 3. The van der Waals surface area contributed by atoms with Crippen LogP contribution in [0, 0.1) is 12.8 Å². The van der Waals surface area contributed by atoms with Gasteiger partial charge in [0.1, 0.15) is 5.69 Å². The molecule has 0 spiro atoms. The molecular weight excluding hydrogens is 354 g/mol. The van der Waals surface area contributed by atoms with Crippen molar-refractivity contribution in [3.63, 3.8) is 0 Å². The van der Waals surface area contributed by atoms with Gasteiger partial charge >= 0.3 is 6.03 Å². The molecule has 28 heavy (non-hydrogen) atoms. The SMILES string of the molecule is CCn1nccc1C(=O)NCCC1CCN(C(=O)Nc2ccccc2C)CC1. The first kappa shape index (κ1) is 19.9. The number of piperidine rings is 1. The maximum atomic E-state index is 12.5. The molecule has 2 N–H and O–H groups in total. The molecule has 2 aromatic rings. The Bertz CT molecular complexity index is 809. The molecule has 3 amide bonds. The molecule has 0 saturated carbocycles. The van der Waals surface area contributed by atoms with Crippen molar-refractivity contribution >= 4 is 17.6 Å². The molecule has 0 aliphatic carbocycles. The number of para-hydroxylation sites is 1. The van der Waals surface area contributed by atoms with E-state index in [1.807, 2.05) is 43.0 Å². The van der Waals surface area contributed by atoms with Crippen LogP contribution >= 0.6 is 0 Å². The molecule has 1 aliphatic rings. The molecule has 0 atom stereocenters. The van der Waals surface area contributed by atoms with E-state index in [0.717, 1.165) is 43.6 Å². The first-order valence-corrected chi connectivity index (χ1v) is 10.00. The van der Waals surface area contributed by atoms with Gasteiger partial charge in [-0.15, -0.1) is 0 Å². The summed E-state index contributed by atoms with van der Waals surface area (Å²) < 4.78 is 1.70. The minimum Gasteiger partial charge on any atom is -0.351 e. The summed E-state index contributed by atoms with van der Waals surface area (Å²) in [6.07, 6.45) is 4.50. The van der Waals surface area contributed by atoms with Gasteiger partial charge in [0.15, 0.2) is 0 Å². The summed E-state index contributed by atoms with van der Waals surface area (Å²) in [6, 6.07) is 9.51. The summed E-state index contributed by atoms with van der Waals surface area (Å²) in [6.45, 7) is 6.78. The second kappa shape index (κ2) is 9.39. The van der Waals surface area contributed by atoms with Crippen LogP contribution in [0.4, 0.5) is 10.5 Å². The third-order valence-corrected chi connectivity index (χ3v) is 5.38. The highest BCUT2D eigenvalue weighted by atomic mass is 16.2. The van der Waals surface area contributed by atoms with Gasteiger partial charge in [-0.05, 0) is 56.7 Å². The van der Waals surface area contributed by atoms with Crippen LogP contribution in [0.25, 0.3) is 0 Å². The average molecular weight is 383 g/mol. The lowest BCUT2D eigenvalue weighted by Crippen LogP contribution is -2.41. The molecule has 1 aromatic carbocycles. The summed E-state index contributed by atoms with van der Waals surface area (Å²) in [4.78, 5) is 26.6. The molecular formula is C21H29N5O2. The van der Waals surface area contributed by atoms with Crippen LogP contribution in [-0.4, -0.2) is 46.3 Å². The number of hydrogen-bond donors (Lipinski definition) is 2. The summed E-state index contributed by atoms with van der Waals surface area (Å²) in [7, 11) is 0. The van der Waals surface area contributed by atoms with E-state index in [9.17, 15) is 9.59 Å². The molecule has 0 bridgehead atoms. The largest absolute Gasteiger partial charge is 0.351 e. The van der Waals surface area contributed by atoms with Crippen molar-refractivity contribution in [3.8, 4) is 0 Å². The van der Waals surface area contributed by atoms with E-state index >= 15 is 0 Å². The maximum absolute atomic E-state index is 12.5. The Morgan fingerprint density at radius 1 is 1.18 bits per heavy atom. The Morgan fingerprint density at radius 2 is 1.93 bits per heavy atom. The summed E-state index contributed by atoms with van der Waals surface area (Å²) >= 11 is 0. The number of benzene rings is 1. The van der Waals surface area contributed by atoms with Crippen molar-refractivity contribution in [2.45, 2.75) is 39.7 Å². The number of carbonyl (C=O) groups is 2. The fraction of sp³-hybridized carbons (Fsp3) is 0.476. The number of urea groups is 1. The highest BCUT2D eigenvalue weighted by molar-refractivity contribution is 5.92. The standard InChI is InChI=1S/C21H29N5O2/c1-3-26-19(9-13-23-26)20(27)22-12-8-17-10-14-25(15-11-17)21(28)24-18-7-5-4-6-16(18)2/h4-7,9,13,17H,3,8,10-12,14-15H2,1-2H3,(H,22,27)(H,24,28). The number of aromatic nitrogens is 2. The van der Waals surface area contributed by atoms with Crippen LogP contribution in [0.2, 0.25) is 0 Å².